The van der Waals surface area contributed by atoms with E-state index in [4.69, 9.17) is 26.1 Å². The smallest absolute Gasteiger partial charge is 0.430 e. The highest BCUT2D eigenvalue weighted by atomic mass is 32.2. The molecular formula is C20H28F3N7O8S. The van der Waals surface area contributed by atoms with E-state index in [1.54, 1.807) is 0 Å². The van der Waals surface area contributed by atoms with Gasteiger partial charge in [0.2, 0.25) is 5.91 Å². The van der Waals surface area contributed by atoms with Gasteiger partial charge in [-0.25, -0.2) is 19.7 Å². The van der Waals surface area contributed by atoms with Crippen LogP contribution in [0.3, 0.4) is 0 Å². The standard InChI is InChI=1S/C18H27N7O6S.C2HF3O2/c1-32(5-3-9(18(29)30)24-11(26)2-4-19)6-10-13(27)14(28)17(31-10)25-8-23-12-15(20)21-7-22-16(12)25;3-2(4,5)1(6)7/h7-10,13-14,17,27-28H,2-6,19H2,1H3,(H3-,20,21,22,24,26,29,30);(H,6,7)/t9-,10+,13+,14+,17+,32?;/m0./s1. The Labute approximate surface area is 221 Å². The fourth-order valence-corrected chi connectivity index (χ4v) is 5.13. The molecule has 15 nitrogen and oxygen atoms in total. The van der Waals surface area contributed by atoms with Gasteiger partial charge in [0.1, 0.15) is 53.7 Å². The van der Waals surface area contributed by atoms with Crippen molar-refractivity contribution in [1.29, 1.82) is 0 Å². The Hall–Kier alpha value is -3.26. The molecule has 6 atom stereocenters. The van der Waals surface area contributed by atoms with Gasteiger partial charge in [-0.2, -0.15) is 13.2 Å². The summed E-state index contributed by atoms with van der Waals surface area (Å²) in [5, 5.41) is 41.7. The molecule has 0 aliphatic carbocycles. The van der Waals surface area contributed by atoms with Crippen LogP contribution in [0.15, 0.2) is 12.7 Å². The molecule has 2 aromatic heterocycles. The van der Waals surface area contributed by atoms with Crippen molar-refractivity contribution in [2.24, 2.45) is 5.73 Å². The Morgan fingerprint density at radius 3 is 2.46 bits per heavy atom. The molecule has 0 radical (unpaired) electrons. The Bertz CT molecular complexity index is 1150. The lowest BCUT2D eigenvalue weighted by Gasteiger charge is -2.17. The molecule has 19 heteroatoms. The number of fused-ring (bicyclic) bond motifs is 1. The van der Waals surface area contributed by atoms with Crippen LogP contribution in [0.5, 0.6) is 0 Å². The Morgan fingerprint density at radius 2 is 1.90 bits per heavy atom. The van der Waals surface area contributed by atoms with Gasteiger partial charge in [-0.3, -0.25) is 9.36 Å². The van der Waals surface area contributed by atoms with Crippen molar-refractivity contribution in [3.63, 3.8) is 0 Å². The van der Waals surface area contributed by atoms with Crippen LogP contribution in [0.25, 0.3) is 11.2 Å². The lowest BCUT2D eigenvalue weighted by Crippen LogP contribution is -2.43. The SMILES string of the molecule is C[S+](CC[C@H](NC(=O)CCN)C(=O)O)C[C@H]1O[C@@H](n2cnc3c(N)ncnc32)[C@H](O)[C@@H]1O.O=C([O-])C(F)(F)F. The number of carboxylic acids is 2. The number of nitrogens with zero attached hydrogens (tertiary/aromatic N) is 4. The molecule has 0 bridgehead atoms. The molecule has 218 valence electrons. The van der Waals surface area contributed by atoms with Gasteiger partial charge in [-0.05, 0) is 10.9 Å². The fraction of sp³-hybridized carbons (Fsp3) is 0.600. The predicted octanol–water partition coefficient (Wildman–Crippen LogP) is -3.12. The first-order valence-corrected chi connectivity index (χ1v) is 13.2. The fourth-order valence-electron chi connectivity index (χ4n) is 3.49. The number of amides is 1. The van der Waals surface area contributed by atoms with Crippen molar-refractivity contribution in [3.05, 3.63) is 12.7 Å². The molecule has 2 aromatic rings. The molecule has 0 aromatic carbocycles. The number of hydrogen-bond donors (Lipinski definition) is 6. The number of carboxylic acid groups (broad SMARTS) is 2. The van der Waals surface area contributed by atoms with Gasteiger partial charge >= 0.3 is 12.1 Å². The minimum Gasteiger partial charge on any atom is -0.542 e. The summed E-state index contributed by atoms with van der Waals surface area (Å²) >= 11 is 0. The molecule has 3 rings (SSSR count). The van der Waals surface area contributed by atoms with Crippen LogP contribution in [0.2, 0.25) is 0 Å². The first kappa shape index (κ1) is 32.0. The third-order valence-electron chi connectivity index (χ3n) is 5.44. The molecule has 8 N–H and O–H groups in total. The molecule has 0 saturated carbocycles. The average Bonchev–Trinajstić information content (AvgIpc) is 3.39. The van der Waals surface area contributed by atoms with Crippen LogP contribution in [0, 0.1) is 0 Å². The maximum Gasteiger partial charge on any atom is 0.430 e. The number of aliphatic hydroxyl groups excluding tert-OH is 2. The number of aliphatic carboxylic acids is 2. The summed E-state index contributed by atoms with van der Waals surface area (Å²) in [6.07, 6.45) is -4.24. The second-order valence-electron chi connectivity index (χ2n) is 8.35. The third-order valence-corrected chi connectivity index (χ3v) is 7.27. The number of aromatic nitrogens is 4. The van der Waals surface area contributed by atoms with Crippen molar-refractivity contribution in [1.82, 2.24) is 24.8 Å². The zero-order valence-electron chi connectivity index (χ0n) is 20.4. The average molecular weight is 584 g/mol. The predicted molar refractivity (Wildman–Crippen MR) is 128 cm³/mol. The van der Waals surface area contributed by atoms with Gasteiger partial charge in [0.15, 0.2) is 17.7 Å². The maximum atomic E-state index is 11.7. The number of nitrogens with one attached hydrogen (secondary N) is 1. The van der Waals surface area contributed by atoms with E-state index >= 15 is 0 Å². The zero-order chi connectivity index (χ0) is 29.5. The molecule has 1 aliphatic rings. The van der Waals surface area contributed by atoms with Crippen LogP contribution < -0.4 is 21.9 Å². The van der Waals surface area contributed by atoms with Crippen LogP contribution in [0.4, 0.5) is 19.0 Å². The van der Waals surface area contributed by atoms with Crippen LogP contribution in [-0.4, -0.2) is 108 Å². The molecule has 1 saturated heterocycles. The van der Waals surface area contributed by atoms with Crippen molar-refractivity contribution in [2.75, 3.05) is 30.0 Å². The highest BCUT2D eigenvalue weighted by molar-refractivity contribution is 7.96. The largest absolute Gasteiger partial charge is 0.542 e. The number of anilines is 1. The highest BCUT2D eigenvalue weighted by Crippen LogP contribution is 2.32. The van der Waals surface area contributed by atoms with E-state index in [2.05, 4.69) is 20.3 Å². The maximum absolute atomic E-state index is 11.7. The van der Waals surface area contributed by atoms with E-state index < -0.39 is 54.6 Å². The van der Waals surface area contributed by atoms with Gasteiger partial charge in [-0.1, -0.05) is 0 Å². The molecule has 1 unspecified atom stereocenters. The van der Waals surface area contributed by atoms with Crippen molar-refractivity contribution >= 4 is 45.7 Å². The second kappa shape index (κ2) is 13.7. The zero-order valence-corrected chi connectivity index (χ0v) is 21.3. The van der Waals surface area contributed by atoms with Crippen molar-refractivity contribution in [2.45, 2.75) is 49.6 Å². The molecule has 1 amide bonds. The minimum atomic E-state index is -5.19. The van der Waals surface area contributed by atoms with Crippen LogP contribution in [0.1, 0.15) is 19.1 Å². The number of hydrogen-bond acceptors (Lipinski definition) is 12. The molecule has 0 spiro atoms. The summed E-state index contributed by atoms with van der Waals surface area (Å²) in [4.78, 5) is 44.0. The number of carbonyl (C=O) groups excluding carboxylic acids is 2. The van der Waals surface area contributed by atoms with E-state index in [-0.39, 0.29) is 36.1 Å². The third kappa shape index (κ3) is 8.62. The number of ether oxygens (including phenoxy) is 1. The minimum absolute atomic E-state index is 0.0580. The lowest BCUT2D eigenvalue weighted by molar-refractivity contribution is -0.344. The van der Waals surface area contributed by atoms with E-state index in [0.29, 0.717) is 22.7 Å². The number of imidazole rings is 1. The summed E-state index contributed by atoms with van der Waals surface area (Å²) < 4.78 is 39.0. The Balaban J connectivity index is 0.000000673. The monoisotopic (exact) mass is 583 g/mol. The Morgan fingerprint density at radius 1 is 1.26 bits per heavy atom. The van der Waals surface area contributed by atoms with Crippen molar-refractivity contribution < 1.29 is 52.7 Å². The number of nitrogens with two attached hydrogens (primary N) is 2. The number of nitrogen functional groups attached to an aromatic ring is 1. The lowest BCUT2D eigenvalue weighted by atomic mass is 10.1. The number of alkyl halides is 3. The summed E-state index contributed by atoms with van der Waals surface area (Å²) in [5.41, 5.74) is 11.9. The topological polar surface area (TPSA) is 252 Å². The quantitative estimate of drug-likeness (QED) is 0.152. The van der Waals surface area contributed by atoms with Gasteiger partial charge < -0.3 is 46.7 Å². The van der Waals surface area contributed by atoms with E-state index in [0.717, 1.165) is 0 Å². The molecule has 1 fully saturated rings. The molecular weight excluding hydrogens is 555 g/mol. The number of halogens is 3. The van der Waals surface area contributed by atoms with Gasteiger partial charge in [0.25, 0.3) is 0 Å². The molecule has 3 heterocycles. The first-order valence-electron chi connectivity index (χ1n) is 11.2. The van der Waals surface area contributed by atoms with Gasteiger partial charge in [-0.15, -0.1) is 0 Å². The number of aliphatic hydroxyl groups is 2. The van der Waals surface area contributed by atoms with Gasteiger partial charge in [0, 0.05) is 19.4 Å². The number of carbonyl (C=O) groups is 3. The van der Waals surface area contributed by atoms with E-state index in [1.807, 2.05) is 6.26 Å². The van der Waals surface area contributed by atoms with Crippen molar-refractivity contribution in [3.8, 4) is 0 Å². The Kier molecular flexibility index (Phi) is 11.2. The van der Waals surface area contributed by atoms with Crippen LogP contribution in [-0.2, 0) is 30.0 Å². The molecule has 39 heavy (non-hydrogen) atoms. The summed E-state index contributed by atoms with van der Waals surface area (Å²) in [6.45, 7) is 0.140. The van der Waals surface area contributed by atoms with E-state index in [9.17, 15) is 38.1 Å². The summed E-state index contributed by atoms with van der Waals surface area (Å²) in [6, 6.07) is -1.01. The van der Waals surface area contributed by atoms with E-state index in [1.165, 1.54) is 17.2 Å². The second-order valence-corrected chi connectivity index (χ2v) is 10.7. The normalized spacial score (nSPS) is 22.5. The molecule has 1 aliphatic heterocycles. The first-order chi connectivity index (χ1) is 18.2. The van der Waals surface area contributed by atoms with Crippen LogP contribution >= 0.6 is 0 Å². The number of rotatable bonds is 10. The summed E-state index contributed by atoms with van der Waals surface area (Å²) in [7, 11) is -0.350. The van der Waals surface area contributed by atoms with Gasteiger partial charge in [0.05, 0.1) is 12.6 Å². The summed E-state index contributed by atoms with van der Waals surface area (Å²) in [5.74, 6) is -3.44. The highest BCUT2D eigenvalue weighted by Gasteiger charge is 2.46.